The van der Waals surface area contributed by atoms with Gasteiger partial charge in [0, 0.05) is 19.8 Å². The lowest BCUT2D eigenvalue weighted by Gasteiger charge is -2.27. The highest BCUT2D eigenvalue weighted by Gasteiger charge is 2.15. The third kappa shape index (κ3) is 2.29. The van der Waals surface area contributed by atoms with Crippen molar-refractivity contribution in [3.8, 4) is 0 Å². The van der Waals surface area contributed by atoms with Gasteiger partial charge in [-0.15, -0.1) is 0 Å². The van der Waals surface area contributed by atoms with E-state index in [0.717, 1.165) is 5.92 Å². The molecule has 0 saturated carbocycles. The van der Waals surface area contributed by atoms with E-state index in [-0.39, 0.29) is 0 Å². The third-order valence-electron chi connectivity index (χ3n) is 2.98. The van der Waals surface area contributed by atoms with E-state index < -0.39 is 0 Å². The zero-order valence-corrected chi connectivity index (χ0v) is 8.79. The second-order valence-electron chi connectivity index (χ2n) is 4.13. The molecule has 0 aromatic carbocycles. The highest BCUT2D eigenvalue weighted by molar-refractivity contribution is 5.37. The van der Waals surface area contributed by atoms with E-state index in [9.17, 15) is 0 Å². The Labute approximate surface area is 85.5 Å². The summed E-state index contributed by atoms with van der Waals surface area (Å²) in [6.45, 7) is 3.54. The lowest BCUT2D eigenvalue weighted by molar-refractivity contribution is 0.377. The summed E-state index contributed by atoms with van der Waals surface area (Å²) in [6.07, 6.45) is 4.60. The Bertz CT molecular complexity index is 250. The summed E-state index contributed by atoms with van der Waals surface area (Å²) in [5, 5.41) is 3.40. The zero-order valence-electron chi connectivity index (χ0n) is 8.79. The summed E-state index contributed by atoms with van der Waals surface area (Å²) in [5.74, 6) is 2.08. The molecule has 78 valence electrons. The average Bonchev–Trinajstić information content (AvgIpc) is 2.72. The standard InChI is InChI=1S/C11H19N3/c1-14(11-3-2-6-13-11)9-10-4-7-12-8-5-10/h2-3,6,10,12-13H,4-5,7-9H2,1H3. The fourth-order valence-corrected chi connectivity index (χ4v) is 2.11. The van der Waals surface area contributed by atoms with Crippen molar-refractivity contribution >= 4 is 5.82 Å². The van der Waals surface area contributed by atoms with Gasteiger partial charge in [-0.2, -0.15) is 0 Å². The summed E-state index contributed by atoms with van der Waals surface area (Å²) >= 11 is 0. The van der Waals surface area contributed by atoms with Crippen molar-refractivity contribution in [3.63, 3.8) is 0 Å². The Kier molecular flexibility index (Phi) is 3.09. The van der Waals surface area contributed by atoms with Crippen LogP contribution >= 0.6 is 0 Å². The molecule has 0 radical (unpaired) electrons. The number of nitrogens with zero attached hydrogens (tertiary/aromatic N) is 1. The molecule has 2 N–H and O–H groups in total. The molecule has 14 heavy (non-hydrogen) atoms. The molecule has 0 bridgehead atoms. The van der Waals surface area contributed by atoms with Crippen molar-refractivity contribution in [1.82, 2.24) is 10.3 Å². The minimum atomic E-state index is 0.851. The highest BCUT2D eigenvalue weighted by Crippen LogP contribution is 2.16. The predicted molar refractivity (Wildman–Crippen MR) is 59.7 cm³/mol. The molecule has 0 atom stereocenters. The number of aromatic nitrogens is 1. The number of piperidine rings is 1. The van der Waals surface area contributed by atoms with Gasteiger partial charge in [-0.1, -0.05) is 0 Å². The van der Waals surface area contributed by atoms with E-state index in [1.807, 2.05) is 12.3 Å². The van der Waals surface area contributed by atoms with Crippen LogP contribution in [0.1, 0.15) is 12.8 Å². The van der Waals surface area contributed by atoms with Crippen LogP contribution in [0.4, 0.5) is 5.82 Å². The van der Waals surface area contributed by atoms with Crippen molar-refractivity contribution in [2.24, 2.45) is 5.92 Å². The maximum absolute atomic E-state index is 3.40. The lowest BCUT2D eigenvalue weighted by Crippen LogP contribution is -2.34. The molecule has 1 aliphatic heterocycles. The van der Waals surface area contributed by atoms with Gasteiger partial charge in [-0.3, -0.25) is 0 Å². The maximum atomic E-state index is 3.40. The maximum Gasteiger partial charge on any atom is 0.105 e. The number of aromatic amines is 1. The largest absolute Gasteiger partial charge is 0.361 e. The molecule has 1 aromatic heterocycles. The molecule has 1 fully saturated rings. The SMILES string of the molecule is CN(CC1CCNCC1)c1ccc[nH]1. The number of rotatable bonds is 3. The van der Waals surface area contributed by atoms with Gasteiger partial charge < -0.3 is 15.2 Å². The molecular weight excluding hydrogens is 174 g/mol. The van der Waals surface area contributed by atoms with Crippen LogP contribution in [0.25, 0.3) is 0 Å². The van der Waals surface area contributed by atoms with E-state index in [0.29, 0.717) is 0 Å². The van der Waals surface area contributed by atoms with E-state index in [2.05, 4.69) is 28.3 Å². The minimum Gasteiger partial charge on any atom is -0.361 e. The van der Waals surface area contributed by atoms with Gasteiger partial charge in [0.1, 0.15) is 5.82 Å². The first kappa shape index (κ1) is 9.59. The lowest BCUT2D eigenvalue weighted by atomic mass is 9.98. The second-order valence-corrected chi connectivity index (χ2v) is 4.13. The molecular formula is C11H19N3. The number of hydrogen-bond acceptors (Lipinski definition) is 2. The van der Waals surface area contributed by atoms with Crippen LogP contribution in [0.15, 0.2) is 18.3 Å². The summed E-state index contributed by atoms with van der Waals surface area (Å²) in [7, 11) is 2.16. The minimum absolute atomic E-state index is 0.851. The molecule has 2 rings (SSSR count). The van der Waals surface area contributed by atoms with E-state index >= 15 is 0 Å². The van der Waals surface area contributed by atoms with Crippen molar-refractivity contribution in [2.45, 2.75) is 12.8 Å². The van der Waals surface area contributed by atoms with Crippen molar-refractivity contribution < 1.29 is 0 Å². The molecule has 0 amide bonds. The van der Waals surface area contributed by atoms with Gasteiger partial charge in [-0.25, -0.2) is 0 Å². The Morgan fingerprint density at radius 3 is 2.86 bits per heavy atom. The van der Waals surface area contributed by atoms with Crippen LogP contribution in [0.3, 0.4) is 0 Å². The Morgan fingerprint density at radius 1 is 1.43 bits per heavy atom. The van der Waals surface area contributed by atoms with Gasteiger partial charge in [0.2, 0.25) is 0 Å². The molecule has 1 aliphatic rings. The van der Waals surface area contributed by atoms with Crippen LogP contribution in [0.2, 0.25) is 0 Å². The molecule has 3 heteroatoms. The van der Waals surface area contributed by atoms with E-state index in [1.54, 1.807) is 0 Å². The Hall–Kier alpha value is -0.960. The fourth-order valence-electron chi connectivity index (χ4n) is 2.11. The average molecular weight is 193 g/mol. The normalized spacial score (nSPS) is 18.4. The van der Waals surface area contributed by atoms with Crippen LogP contribution < -0.4 is 10.2 Å². The fraction of sp³-hybridized carbons (Fsp3) is 0.636. The summed E-state index contributed by atoms with van der Waals surface area (Å²) in [6, 6.07) is 4.18. The van der Waals surface area contributed by atoms with Crippen molar-refractivity contribution in [2.75, 3.05) is 31.6 Å². The van der Waals surface area contributed by atoms with Crippen LogP contribution in [-0.2, 0) is 0 Å². The Balaban J connectivity index is 1.84. The zero-order chi connectivity index (χ0) is 9.80. The van der Waals surface area contributed by atoms with E-state index in [4.69, 9.17) is 0 Å². The molecule has 0 aliphatic carbocycles. The van der Waals surface area contributed by atoms with Gasteiger partial charge in [-0.05, 0) is 44.0 Å². The van der Waals surface area contributed by atoms with Gasteiger partial charge in [0.05, 0.1) is 0 Å². The van der Waals surface area contributed by atoms with Crippen LogP contribution in [0.5, 0.6) is 0 Å². The topological polar surface area (TPSA) is 31.1 Å². The van der Waals surface area contributed by atoms with Crippen molar-refractivity contribution in [1.29, 1.82) is 0 Å². The molecule has 3 nitrogen and oxygen atoms in total. The first-order chi connectivity index (χ1) is 6.86. The van der Waals surface area contributed by atoms with Crippen LogP contribution in [0, 0.1) is 5.92 Å². The molecule has 0 unspecified atom stereocenters. The summed E-state index contributed by atoms with van der Waals surface area (Å²) in [5.41, 5.74) is 0. The predicted octanol–water partition coefficient (Wildman–Crippen LogP) is 1.45. The molecule has 1 saturated heterocycles. The molecule has 2 heterocycles. The third-order valence-corrected chi connectivity index (χ3v) is 2.98. The van der Waals surface area contributed by atoms with Crippen molar-refractivity contribution in [3.05, 3.63) is 18.3 Å². The smallest absolute Gasteiger partial charge is 0.105 e. The second kappa shape index (κ2) is 4.51. The number of H-pyrrole nitrogens is 1. The number of hydrogen-bond donors (Lipinski definition) is 2. The molecule has 1 aromatic rings. The summed E-state index contributed by atoms with van der Waals surface area (Å²) < 4.78 is 0. The first-order valence-electron chi connectivity index (χ1n) is 5.41. The van der Waals surface area contributed by atoms with Gasteiger partial charge in [0.25, 0.3) is 0 Å². The summed E-state index contributed by atoms with van der Waals surface area (Å²) in [4.78, 5) is 5.55. The quantitative estimate of drug-likeness (QED) is 0.761. The first-order valence-corrected chi connectivity index (χ1v) is 5.41. The number of nitrogens with one attached hydrogen (secondary N) is 2. The van der Waals surface area contributed by atoms with Gasteiger partial charge in [0.15, 0.2) is 0 Å². The monoisotopic (exact) mass is 193 g/mol. The van der Waals surface area contributed by atoms with E-state index in [1.165, 1.54) is 38.3 Å². The Morgan fingerprint density at radius 2 is 2.21 bits per heavy atom. The number of anilines is 1. The highest BCUT2D eigenvalue weighted by atomic mass is 15.2. The molecule has 0 spiro atoms. The van der Waals surface area contributed by atoms with Gasteiger partial charge >= 0.3 is 0 Å². The van der Waals surface area contributed by atoms with Crippen LogP contribution in [-0.4, -0.2) is 31.7 Å².